The van der Waals surface area contributed by atoms with Crippen molar-refractivity contribution in [3.8, 4) is 0 Å². The number of aliphatic imine (C=N–C) groups is 1. The Kier molecular flexibility index (Phi) is 10.8. The largest absolute Gasteiger partial charge is 0.355 e. The minimum Gasteiger partial charge on any atom is -0.355 e. The number of benzene rings is 1. The molecule has 1 unspecified atom stereocenters. The molecule has 0 saturated carbocycles. The van der Waals surface area contributed by atoms with Crippen LogP contribution in [-0.2, 0) is 19.4 Å². The van der Waals surface area contributed by atoms with Gasteiger partial charge in [0.2, 0.25) is 0 Å². The Hall–Kier alpha value is -1.90. The van der Waals surface area contributed by atoms with E-state index in [9.17, 15) is 0 Å². The SMILES string of the molecule is C=C(C)CN=C(NCCn1cnnc1CC)NC(C)c1ccc(CC)cc1.I. The third-order valence-electron chi connectivity index (χ3n) is 4.41. The zero-order valence-corrected chi connectivity index (χ0v) is 19.7. The van der Waals surface area contributed by atoms with Crippen molar-refractivity contribution in [2.75, 3.05) is 13.1 Å². The van der Waals surface area contributed by atoms with Crippen molar-refractivity contribution in [3.05, 3.63) is 59.7 Å². The van der Waals surface area contributed by atoms with Crippen molar-refractivity contribution in [2.45, 2.75) is 53.1 Å². The molecule has 2 N–H and O–H groups in total. The summed E-state index contributed by atoms with van der Waals surface area (Å²) in [5, 5.41) is 15.0. The van der Waals surface area contributed by atoms with Crippen LogP contribution in [0.5, 0.6) is 0 Å². The summed E-state index contributed by atoms with van der Waals surface area (Å²) in [7, 11) is 0. The van der Waals surface area contributed by atoms with E-state index in [2.05, 4.69) is 82.0 Å². The van der Waals surface area contributed by atoms with Crippen molar-refractivity contribution >= 4 is 29.9 Å². The molecule has 154 valence electrons. The molecule has 2 aromatic rings. The van der Waals surface area contributed by atoms with Crippen LogP contribution in [0.4, 0.5) is 0 Å². The van der Waals surface area contributed by atoms with E-state index in [0.29, 0.717) is 6.54 Å². The smallest absolute Gasteiger partial charge is 0.192 e. The van der Waals surface area contributed by atoms with Crippen LogP contribution in [-0.4, -0.2) is 33.8 Å². The zero-order chi connectivity index (χ0) is 19.6. The normalized spacial score (nSPS) is 12.2. The Balaban J connectivity index is 0.00000392. The molecule has 1 aromatic heterocycles. The van der Waals surface area contributed by atoms with Gasteiger partial charge in [0.05, 0.1) is 12.6 Å². The molecule has 0 aliphatic rings. The van der Waals surface area contributed by atoms with Gasteiger partial charge in [0.15, 0.2) is 5.96 Å². The van der Waals surface area contributed by atoms with Gasteiger partial charge in [0, 0.05) is 19.5 Å². The van der Waals surface area contributed by atoms with Crippen LogP contribution in [0.25, 0.3) is 0 Å². The highest BCUT2D eigenvalue weighted by Gasteiger charge is 2.09. The molecule has 0 bridgehead atoms. The molecule has 1 atom stereocenters. The summed E-state index contributed by atoms with van der Waals surface area (Å²) in [6.07, 6.45) is 3.70. The third-order valence-corrected chi connectivity index (χ3v) is 4.41. The minimum absolute atomic E-state index is 0. The molecule has 1 heterocycles. The monoisotopic (exact) mass is 496 g/mol. The number of halogens is 1. The van der Waals surface area contributed by atoms with Crippen LogP contribution in [0, 0.1) is 0 Å². The van der Waals surface area contributed by atoms with Gasteiger partial charge in [-0.25, -0.2) is 4.99 Å². The third kappa shape index (κ3) is 7.61. The lowest BCUT2D eigenvalue weighted by molar-refractivity contribution is 0.619. The summed E-state index contributed by atoms with van der Waals surface area (Å²) in [6.45, 7) is 14.5. The van der Waals surface area contributed by atoms with E-state index in [1.165, 1.54) is 11.1 Å². The quantitative estimate of drug-likeness (QED) is 0.239. The Bertz CT molecular complexity index is 751. The number of guanidine groups is 1. The summed E-state index contributed by atoms with van der Waals surface area (Å²) in [5.74, 6) is 1.78. The molecule has 0 radical (unpaired) electrons. The fourth-order valence-corrected chi connectivity index (χ4v) is 2.73. The van der Waals surface area contributed by atoms with Crippen molar-refractivity contribution in [1.29, 1.82) is 0 Å². The van der Waals surface area contributed by atoms with Crippen molar-refractivity contribution in [1.82, 2.24) is 25.4 Å². The Labute approximate surface area is 186 Å². The van der Waals surface area contributed by atoms with E-state index in [-0.39, 0.29) is 30.0 Å². The number of aryl methyl sites for hydroxylation is 2. The Morgan fingerprint density at radius 2 is 1.93 bits per heavy atom. The second kappa shape index (κ2) is 12.5. The number of aromatic nitrogens is 3. The summed E-state index contributed by atoms with van der Waals surface area (Å²) in [4.78, 5) is 4.64. The summed E-state index contributed by atoms with van der Waals surface area (Å²) in [6, 6.07) is 8.89. The van der Waals surface area contributed by atoms with Gasteiger partial charge in [-0.15, -0.1) is 34.2 Å². The van der Waals surface area contributed by atoms with E-state index in [0.717, 1.165) is 43.3 Å². The predicted molar refractivity (Wildman–Crippen MR) is 127 cm³/mol. The molecule has 0 fully saturated rings. The Morgan fingerprint density at radius 3 is 2.54 bits per heavy atom. The molecule has 0 aliphatic heterocycles. The summed E-state index contributed by atoms with van der Waals surface area (Å²) >= 11 is 0. The highest BCUT2D eigenvalue weighted by atomic mass is 127. The van der Waals surface area contributed by atoms with Crippen LogP contribution in [0.3, 0.4) is 0 Å². The van der Waals surface area contributed by atoms with Gasteiger partial charge in [0.25, 0.3) is 0 Å². The van der Waals surface area contributed by atoms with E-state index < -0.39 is 0 Å². The van der Waals surface area contributed by atoms with Crippen molar-refractivity contribution in [3.63, 3.8) is 0 Å². The van der Waals surface area contributed by atoms with Crippen molar-refractivity contribution in [2.24, 2.45) is 4.99 Å². The Morgan fingerprint density at radius 1 is 1.21 bits per heavy atom. The predicted octanol–water partition coefficient (Wildman–Crippen LogP) is 3.89. The molecule has 2 rings (SSSR count). The molecular weight excluding hydrogens is 463 g/mol. The lowest BCUT2D eigenvalue weighted by Gasteiger charge is -2.19. The maximum atomic E-state index is 4.64. The van der Waals surface area contributed by atoms with Crippen LogP contribution in [0.2, 0.25) is 0 Å². The van der Waals surface area contributed by atoms with Gasteiger partial charge < -0.3 is 15.2 Å². The molecule has 0 spiro atoms. The van der Waals surface area contributed by atoms with Crippen LogP contribution < -0.4 is 10.6 Å². The van der Waals surface area contributed by atoms with E-state index in [4.69, 9.17) is 0 Å². The second-order valence-electron chi connectivity index (χ2n) is 6.80. The first-order chi connectivity index (χ1) is 13.0. The summed E-state index contributed by atoms with van der Waals surface area (Å²) < 4.78 is 2.07. The van der Waals surface area contributed by atoms with E-state index in [1.807, 2.05) is 6.92 Å². The van der Waals surface area contributed by atoms with Gasteiger partial charge in [0.1, 0.15) is 12.2 Å². The van der Waals surface area contributed by atoms with Crippen LogP contribution >= 0.6 is 24.0 Å². The lowest BCUT2D eigenvalue weighted by atomic mass is 10.1. The zero-order valence-electron chi connectivity index (χ0n) is 17.4. The number of hydrogen-bond acceptors (Lipinski definition) is 3. The average molecular weight is 496 g/mol. The molecule has 0 saturated heterocycles. The molecule has 0 aliphatic carbocycles. The number of nitrogens with one attached hydrogen (secondary N) is 2. The number of hydrogen-bond donors (Lipinski definition) is 2. The molecule has 7 heteroatoms. The molecule has 1 aromatic carbocycles. The van der Waals surface area contributed by atoms with E-state index in [1.54, 1.807) is 6.33 Å². The van der Waals surface area contributed by atoms with Gasteiger partial charge in [-0.05, 0) is 31.4 Å². The van der Waals surface area contributed by atoms with Gasteiger partial charge in [-0.2, -0.15) is 0 Å². The lowest BCUT2D eigenvalue weighted by Crippen LogP contribution is -2.40. The highest BCUT2D eigenvalue weighted by Crippen LogP contribution is 2.13. The minimum atomic E-state index is 0. The average Bonchev–Trinajstić information content (AvgIpc) is 3.13. The van der Waals surface area contributed by atoms with Crippen LogP contribution in [0.1, 0.15) is 50.7 Å². The van der Waals surface area contributed by atoms with Gasteiger partial charge in [-0.3, -0.25) is 0 Å². The standard InChI is InChI=1S/C21H32N6.HI/c1-6-18-8-10-19(11-9-18)17(5)25-21(23-14-16(3)4)22-12-13-27-15-24-26-20(27)7-2;/h8-11,15,17H,3,6-7,12-14H2,1-2,4-5H3,(H2,22,23,25);1H. The molecular formula is C21H33IN6. The first-order valence-electron chi connectivity index (χ1n) is 9.68. The maximum absolute atomic E-state index is 4.64. The topological polar surface area (TPSA) is 67.1 Å². The molecule has 6 nitrogen and oxygen atoms in total. The van der Waals surface area contributed by atoms with E-state index >= 15 is 0 Å². The fraction of sp³-hybridized carbons (Fsp3) is 0.476. The van der Waals surface area contributed by atoms with Crippen molar-refractivity contribution < 1.29 is 0 Å². The summed E-state index contributed by atoms with van der Waals surface area (Å²) in [5.41, 5.74) is 3.62. The van der Waals surface area contributed by atoms with Gasteiger partial charge in [-0.1, -0.05) is 50.3 Å². The first-order valence-corrected chi connectivity index (χ1v) is 9.68. The van der Waals surface area contributed by atoms with Crippen LogP contribution in [0.15, 0.2) is 47.7 Å². The first kappa shape index (κ1) is 24.1. The second-order valence-corrected chi connectivity index (χ2v) is 6.80. The number of nitrogens with zero attached hydrogens (tertiary/aromatic N) is 4. The van der Waals surface area contributed by atoms with Gasteiger partial charge >= 0.3 is 0 Å². The fourth-order valence-electron chi connectivity index (χ4n) is 2.73. The maximum Gasteiger partial charge on any atom is 0.192 e. The molecule has 28 heavy (non-hydrogen) atoms. The molecule has 0 amide bonds. The number of rotatable bonds is 9. The highest BCUT2D eigenvalue weighted by molar-refractivity contribution is 14.0.